The van der Waals surface area contributed by atoms with E-state index in [0.29, 0.717) is 22.6 Å². The predicted molar refractivity (Wildman–Crippen MR) is 164 cm³/mol. The monoisotopic (exact) mass is 628 g/mol. The number of benzene rings is 3. The van der Waals surface area contributed by atoms with Gasteiger partial charge >= 0.3 is 29.8 Å². The minimum absolute atomic E-state index is 0.00442. The van der Waals surface area contributed by atoms with Gasteiger partial charge in [0.1, 0.15) is 28.6 Å². The van der Waals surface area contributed by atoms with Gasteiger partial charge in [0.15, 0.2) is 0 Å². The summed E-state index contributed by atoms with van der Waals surface area (Å²) in [5.74, 6) is -2.82. The highest BCUT2D eigenvalue weighted by Gasteiger charge is 2.17. The molecule has 0 atom stereocenters. The summed E-state index contributed by atoms with van der Waals surface area (Å²) in [6.45, 7) is 6.01. The molecule has 3 aromatic rings. The predicted octanol–water partition coefficient (Wildman–Crippen LogP) is 4.84. The van der Waals surface area contributed by atoms with Gasteiger partial charge in [-0.1, -0.05) is 37.4 Å². The van der Waals surface area contributed by atoms with Crippen LogP contribution in [0.25, 0.3) is 12.2 Å². The highest BCUT2D eigenvalue weighted by molar-refractivity contribution is 5.96. The fraction of sp³-hybridized carbons (Fsp3) is 0.0882. The van der Waals surface area contributed by atoms with Gasteiger partial charge in [0.05, 0.1) is 7.11 Å². The first-order valence-corrected chi connectivity index (χ1v) is 13.3. The number of hydrogen-bond acceptors (Lipinski definition) is 12. The topological polar surface area (TPSA) is 150 Å². The molecule has 0 aliphatic carbocycles. The SMILES string of the molecule is C=CC(=O)OCOc1ccc(C=CC(=O)Oc2ccc(OC(=O)C=Cc3ccc(OCOC(=O)C=C)cc3)c(C(=O)OC)c2)cc1. The molecule has 0 bridgehead atoms. The van der Waals surface area contributed by atoms with Crippen molar-refractivity contribution in [3.63, 3.8) is 0 Å². The van der Waals surface area contributed by atoms with Crippen LogP contribution < -0.4 is 18.9 Å². The van der Waals surface area contributed by atoms with E-state index in [1.165, 1.54) is 36.4 Å². The van der Waals surface area contributed by atoms with Crippen LogP contribution in [0.15, 0.2) is 104 Å². The Morgan fingerprint density at radius 2 is 1.07 bits per heavy atom. The molecule has 0 aromatic heterocycles. The van der Waals surface area contributed by atoms with Crippen LogP contribution in [0.3, 0.4) is 0 Å². The van der Waals surface area contributed by atoms with Crippen molar-refractivity contribution >= 4 is 42.0 Å². The lowest BCUT2D eigenvalue weighted by Crippen LogP contribution is -2.11. The van der Waals surface area contributed by atoms with E-state index in [-0.39, 0.29) is 30.6 Å². The van der Waals surface area contributed by atoms with Crippen molar-refractivity contribution in [1.29, 1.82) is 0 Å². The average Bonchev–Trinajstić information content (AvgIpc) is 3.07. The van der Waals surface area contributed by atoms with Crippen molar-refractivity contribution in [3.05, 3.63) is 121 Å². The third-order valence-electron chi connectivity index (χ3n) is 5.56. The fourth-order valence-corrected chi connectivity index (χ4v) is 3.33. The molecule has 0 radical (unpaired) electrons. The lowest BCUT2D eigenvalue weighted by Gasteiger charge is -2.10. The molecule has 0 unspecified atom stereocenters. The largest absolute Gasteiger partial charge is 0.465 e. The zero-order valence-corrected chi connectivity index (χ0v) is 24.5. The van der Waals surface area contributed by atoms with E-state index in [0.717, 1.165) is 25.3 Å². The first-order chi connectivity index (χ1) is 22.2. The van der Waals surface area contributed by atoms with Gasteiger partial charge in [0, 0.05) is 24.3 Å². The summed E-state index contributed by atoms with van der Waals surface area (Å²) in [7, 11) is 1.15. The summed E-state index contributed by atoms with van der Waals surface area (Å²) in [4.78, 5) is 59.4. The van der Waals surface area contributed by atoms with Crippen molar-refractivity contribution in [2.75, 3.05) is 20.7 Å². The summed E-state index contributed by atoms with van der Waals surface area (Å²) in [5.41, 5.74) is 1.13. The van der Waals surface area contributed by atoms with Crippen LogP contribution in [0.1, 0.15) is 21.5 Å². The van der Waals surface area contributed by atoms with Gasteiger partial charge < -0.3 is 33.2 Å². The number of rotatable bonds is 15. The Labute approximate surface area is 263 Å². The first kappa shape index (κ1) is 34.1. The van der Waals surface area contributed by atoms with Crippen molar-refractivity contribution in [1.82, 2.24) is 0 Å². The normalized spacial score (nSPS) is 10.5. The summed E-state index contributed by atoms with van der Waals surface area (Å²) in [6.07, 6.45) is 7.34. The van der Waals surface area contributed by atoms with E-state index in [2.05, 4.69) is 13.2 Å². The van der Waals surface area contributed by atoms with Crippen LogP contribution in [-0.2, 0) is 33.4 Å². The lowest BCUT2D eigenvalue weighted by molar-refractivity contribution is -0.145. The van der Waals surface area contributed by atoms with Gasteiger partial charge in [-0.15, -0.1) is 0 Å². The van der Waals surface area contributed by atoms with Crippen LogP contribution >= 0.6 is 0 Å². The minimum atomic E-state index is -0.823. The molecule has 0 N–H and O–H groups in total. The van der Waals surface area contributed by atoms with Crippen molar-refractivity contribution in [3.8, 4) is 23.0 Å². The van der Waals surface area contributed by atoms with Crippen LogP contribution in [0.4, 0.5) is 0 Å². The molecule has 0 aliphatic rings. The van der Waals surface area contributed by atoms with Crippen LogP contribution in [0.2, 0.25) is 0 Å². The highest BCUT2D eigenvalue weighted by atomic mass is 16.7. The second-order valence-electron chi connectivity index (χ2n) is 8.66. The highest BCUT2D eigenvalue weighted by Crippen LogP contribution is 2.26. The second kappa shape index (κ2) is 17.6. The quantitative estimate of drug-likeness (QED) is 0.0745. The number of ether oxygens (including phenoxy) is 7. The van der Waals surface area contributed by atoms with Gasteiger partial charge in [-0.05, 0) is 65.7 Å². The number of carbonyl (C=O) groups is 5. The molecular formula is C34H28O12. The number of carbonyl (C=O) groups excluding carboxylic acids is 5. The molecule has 0 saturated heterocycles. The maximum absolute atomic E-state index is 12.5. The third kappa shape index (κ3) is 11.3. The Hall–Kier alpha value is -6.43. The molecule has 0 fully saturated rings. The summed E-state index contributed by atoms with van der Waals surface area (Å²) in [5, 5.41) is 0. The second-order valence-corrected chi connectivity index (χ2v) is 8.66. The Morgan fingerprint density at radius 3 is 1.52 bits per heavy atom. The molecule has 0 aliphatic heterocycles. The van der Waals surface area contributed by atoms with E-state index in [4.69, 9.17) is 33.2 Å². The third-order valence-corrected chi connectivity index (χ3v) is 5.56. The van der Waals surface area contributed by atoms with E-state index >= 15 is 0 Å². The standard InChI is InChI=1S/C34H28O12/c1-4-30(35)43-21-41-25-12-6-23(7-13-25)10-18-32(37)45-27-16-17-29(28(20-27)34(39)40-3)46-33(38)19-11-24-8-14-26(15-9-24)42-22-44-31(36)5-2/h4-20H,1-2,21-22H2,3H3. The molecule has 3 aromatic carbocycles. The summed E-state index contributed by atoms with van der Waals surface area (Å²) in [6, 6.07) is 16.9. The van der Waals surface area contributed by atoms with E-state index in [1.807, 2.05) is 0 Å². The average molecular weight is 629 g/mol. The first-order valence-electron chi connectivity index (χ1n) is 13.3. The zero-order chi connectivity index (χ0) is 33.3. The van der Waals surface area contributed by atoms with Gasteiger partial charge in [-0.25, -0.2) is 24.0 Å². The Balaban J connectivity index is 1.57. The molecule has 0 saturated carbocycles. The van der Waals surface area contributed by atoms with Gasteiger partial charge in [0.25, 0.3) is 0 Å². The smallest absolute Gasteiger partial charge is 0.341 e. The molecule has 0 heterocycles. The van der Waals surface area contributed by atoms with Crippen LogP contribution in [-0.4, -0.2) is 50.5 Å². The molecule has 0 amide bonds. The molecule has 3 rings (SSSR count). The van der Waals surface area contributed by atoms with E-state index < -0.39 is 29.8 Å². The Bertz CT molecular complexity index is 1630. The Morgan fingerprint density at radius 1 is 0.609 bits per heavy atom. The fourth-order valence-electron chi connectivity index (χ4n) is 3.33. The number of methoxy groups -OCH3 is 1. The zero-order valence-electron chi connectivity index (χ0n) is 24.5. The van der Waals surface area contributed by atoms with Crippen molar-refractivity contribution < 1.29 is 57.1 Å². The van der Waals surface area contributed by atoms with Crippen LogP contribution in [0.5, 0.6) is 23.0 Å². The summed E-state index contributed by atoms with van der Waals surface area (Å²) >= 11 is 0. The molecule has 0 spiro atoms. The minimum Gasteiger partial charge on any atom is -0.465 e. The van der Waals surface area contributed by atoms with Gasteiger partial charge in [-0.2, -0.15) is 0 Å². The van der Waals surface area contributed by atoms with E-state index in [1.54, 1.807) is 48.5 Å². The van der Waals surface area contributed by atoms with Crippen LogP contribution in [0, 0.1) is 0 Å². The molecule has 12 heteroatoms. The van der Waals surface area contributed by atoms with Gasteiger partial charge in [-0.3, -0.25) is 0 Å². The molecule has 46 heavy (non-hydrogen) atoms. The number of esters is 5. The van der Waals surface area contributed by atoms with E-state index in [9.17, 15) is 24.0 Å². The van der Waals surface area contributed by atoms with Crippen molar-refractivity contribution in [2.45, 2.75) is 0 Å². The number of hydrogen-bond donors (Lipinski definition) is 0. The molecule has 12 nitrogen and oxygen atoms in total. The maximum Gasteiger partial charge on any atom is 0.341 e. The summed E-state index contributed by atoms with van der Waals surface area (Å²) < 4.78 is 35.4. The molecular weight excluding hydrogens is 600 g/mol. The van der Waals surface area contributed by atoms with Gasteiger partial charge in [0.2, 0.25) is 13.6 Å². The molecule has 236 valence electrons. The maximum atomic E-state index is 12.5. The lowest BCUT2D eigenvalue weighted by atomic mass is 10.2. The van der Waals surface area contributed by atoms with Crippen molar-refractivity contribution in [2.24, 2.45) is 0 Å². The Kier molecular flexibility index (Phi) is 13.1.